The molecule has 5 heteroatoms. The van der Waals surface area contributed by atoms with Crippen LogP contribution in [0.15, 0.2) is 0 Å². The van der Waals surface area contributed by atoms with Crippen molar-refractivity contribution in [2.45, 2.75) is 50.5 Å². The van der Waals surface area contributed by atoms with Gasteiger partial charge in [0.1, 0.15) is 0 Å². The molecule has 2 fully saturated rings. The number of hydrogen-bond donors (Lipinski definition) is 1. The number of imide groups is 1. The van der Waals surface area contributed by atoms with Gasteiger partial charge in [-0.3, -0.25) is 14.5 Å². The van der Waals surface area contributed by atoms with Gasteiger partial charge >= 0.3 is 0 Å². The van der Waals surface area contributed by atoms with Crippen molar-refractivity contribution in [1.82, 2.24) is 4.90 Å². The molecule has 92 valence electrons. The predicted molar refractivity (Wildman–Crippen MR) is 63.2 cm³/mol. The maximum atomic E-state index is 11.5. The van der Waals surface area contributed by atoms with Crippen molar-refractivity contribution in [2.75, 3.05) is 6.54 Å². The summed E-state index contributed by atoms with van der Waals surface area (Å²) in [4.78, 5) is 24.3. The number of carbonyl (C=O) groups is 2. The Hall–Kier alpha value is -0.610. The largest absolute Gasteiger partial charge is 0.324 e. The summed E-state index contributed by atoms with van der Waals surface area (Å²) in [5.41, 5.74) is 5.91. The van der Waals surface area contributed by atoms with E-state index in [-0.39, 0.29) is 29.8 Å². The Morgan fingerprint density at radius 3 is 2.06 bits per heavy atom. The van der Waals surface area contributed by atoms with Crippen LogP contribution in [0.4, 0.5) is 0 Å². The van der Waals surface area contributed by atoms with Crippen LogP contribution in [0.1, 0.15) is 44.9 Å². The number of nitrogens with zero attached hydrogens (tertiary/aromatic N) is 1. The van der Waals surface area contributed by atoms with Crippen LogP contribution in [-0.2, 0) is 9.59 Å². The third-order valence-electron chi connectivity index (χ3n) is 3.48. The van der Waals surface area contributed by atoms with Crippen LogP contribution >= 0.6 is 12.4 Å². The Morgan fingerprint density at radius 1 is 1.06 bits per heavy atom. The number of halogens is 1. The summed E-state index contributed by atoms with van der Waals surface area (Å²) in [6.07, 6.45) is 6.07. The van der Waals surface area contributed by atoms with Crippen molar-refractivity contribution in [3.8, 4) is 0 Å². The van der Waals surface area contributed by atoms with E-state index in [1.807, 2.05) is 0 Å². The van der Waals surface area contributed by atoms with E-state index in [4.69, 9.17) is 5.73 Å². The van der Waals surface area contributed by atoms with E-state index >= 15 is 0 Å². The second-order valence-corrected chi connectivity index (χ2v) is 4.80. The van der Waals surface area contributed by atoms with E-state index in [1.165, 1.54) is 11.3 Å². The molecule has 0 unspecified atom stereocenters. The Labute approximate surface area is 102 Å². The third-order valence-corrected chi connectivity index (χ3v) is 3.48. The second-order valence-electron chi connectivity index (χ2n) is 4.80. The summed E-state index contributed by atoms with van der Waals surface area (Å²) in [7, 11) is 0. The lowest BCUT2D eigenvalue weighted by molar-refractivity contribution is -0.139. The van der Waals surface area contributed by atoms with Gasteiger partial charge in [-0.15, -0.1) is 12.4 Å². The average Bonchev–Trinajstić information content (AvgIpc) is 2.50. The standard InChI is InChI=1S/C11H18N2O2.ClH/c12-11(6-2-1-3-7-11)8-13-9(14)4-5-10(13)15;/h1-8,12H2;1H. The summed E-state index contributed by atoms with van der Waals surface area (Å²) < 4.78 is 0. The molecule has 2 aliphatic rings. The van der Waals surface area contributed by atoms with Gasteiger partial charge in [0.25, 0.3) is 0 Å². The summed E-state index contributed by atoms with van der Waals surface area (Å²) in [6, 6.07) is 0. The Kier molecular flexibility index (Phi) is 4.33. The van der Waals surface area contributed by atoms with E-state index in [1.54, 1.807) is 0 Å². The molecule has 1 saturated carbocycles. The van der Waals surface area contributed by atoms with E-state index in [2.05, 4.69) is 0 Å². The van der Waals surface area contributed by atoms with Crippen LogP contribution in [0.3, 0.4) is 0 Å². The lowest BCUT2D eigenvalue weighted by Gasteiger charge is -2.36. The van der Waals surface area contributed by atoms with Gasteiger partial charge in [0.05, 0.1) is 0 Å². The van der Waals surface area contributed by atoms with Crippen molar-refractivity contribution >= 4 is 24.2 Å². The minimum Gasteiger partial charge on any atom is -0.324 e. The lowest BCUT2D eigenvalue weighted by atomic mass is 9.82. The van der Waals surface area contributed by atoms with E-state index in [0.29, 0.717) is 19.4 Å². The zero-order valence-electron chi connectivity index (χ0n) is 9.41. The molecule has 0 radical (unpaired) electrons. The van der Waals surface area contributed by atoms with Crippen LogP contribution < -0.4 is 5.73 Å². The van der Waals surface area contributed by atoms with Crippen LogP contribution in [0, 0.1) is 0 Å². The Bertz CT molecular complexity index is 272. The summed E-state index contributed by atoms with van der Waals surface area (Å²) in [5, 5.41) is 0. The van der Waals surface area contributed by atoms with Crippen molar-refractivity contribution in [3.05, 3.63) is 0 Å². The molecule has 0 aromatic rings. The number of carbonyl (C=O) groups excluding carboxylic acids is 2. The van der Waals surface area contributed by atoms with Crippen LogP contribution in [0.25, 0.3) is 0 Å². The fourth-order valence-electron chi connectivity index (χ4n) is 2.53. The van der Waals surface area contributed by atoms with Crippen LogP contribution in [-0.4, -0.2) is 28.8 Å². The van der Waals surface area contributed by atoms with Gasteiger partial charge in [-0.2, -0.15) is 0 Å². The fraction of sp³-hybridized carbons (Fsp3) is 0.818. The minimum absolute atomic E-state index is 0. The van der Waals surface area contributed by atoms with Crippen LogP contribution in [0.5, 0.6) is 0 Å². The normalized spacial score (nSPS) is 24.4. The maximum absolute atomic E-state index is 11.5. The smallest absolute Gasteiger partial charge is 0.229 e. The molecule has 2 rings (SSSR count). The highest BCUT2D eigenvalue weighted by Gasteiger charge is 2.36. The molecule has 4 nitrogen and oxygen atoms in total. The number of hydrogen-bond acceptors (Lipinski definition) is 3. The summed E-state index contributed by atoms with van der Waals surface area (Å²) >= 11 is 0. The fourth-order valence-corrected chi connectivity index (χ4v) is 2.53. The second kappa shape index (κ2) is 5.15. The maximum Gasteiger partial charge on any atom is 0.229 e. The van der Waals surface area contributed by atoms with Gasteiger partial charge in [0.2, 0.25) is 11.8 Å². The van der Waals surface area contributed by atoms with Gasteiger partial charge in [-0.1, -0.05) is 19.3 Å². The quantitative estimate of drug-likeness (QED) is 0.746. The average molecular weight is 247 g/mol. The summed E-state index contributed by atoms with van der Waals surface area (Å²) in [6.45, 7) is 0.435. The van der Waals surface area contributed by atoms with Crippen LogP contribution in [0.2, 0.25) is 0 Å². The molecule has 1 saturated heterocycles. The topological polar surface area (TPSA) is 63.4 Å². The molecule has 2 amide bonds. The number of rotatable bonds is 2. The Morgan fingerprint density at radius 2 is 1.56 bits per heavy atom. The molecule has 0 aromatic carbocycles. The number of likely N-dealkylation sites (tertiary alicyclic amines) is 1. The first-order chi connectivity index (χ1) is 7.11. The molecular weight excluding hydrogens is 228 g/mol. The van der Waals surface area contributed by atoms with Gasteiger partial charge < -0.3 is 5.73 Å². The van der Waals surface area contributed by atoms with Gasteiger partial charge in [0, 0.05) is 24.9 Å². The molecule has 0 atom stereocenters. The molecule has 1 aliphatic heterocycles. The monoisotopic (exact) mass is 246 g/mol. The molecule has 0 spiro atoms. The molecule has 1 heterocycles. The molecule has 0 bridgehead atoms. The lowest BCUT2D eigenvalue weighted by Crippen LogP contribution is -2.52. The Balaban J connectivity index is 0.00000128. The highest BCUT2D eigenvalue weighted by Crippen LogP contribution is 2.28. The predicted octanol–water partition coefficient (Wildman–Crippen LogP) is 1.22. The first-order valence-electron chi connectivity index (χ1n) is 5.73. The van der Waals surface area contributed by atoms with Gasteiger partial charge in [-0.05, 0) is 12.8 Å². The first-order valence-corrected chi connectivity index (χ1v) is 5.73. The molecule has 16 heavy (non-hydrogen) atoms. The van der Waals surface area contributed by atoms with E-state index < -0.39 is 0 Å². The highest BCUT2D eigenvalue weighted by molar-refractivity contribution is 6.02. The highest BCUT2D eigenvalue weighted by atomic mass is 35.5. The van der Waals surface area contributed by atoms with Gasteiger partial charge in [-0.25, -0.2) is 0 Å². The van der Waals surface area contributed by atoms with Gasteiger partial charge in [0.15, 0.2) is 0 Å². The zero-order chi connectivity index (χ0) is 10.9. The first kappa shape index (κ1) is 13.5. The van der Waals surface area contributed by atoms with E-state index in [0.717, 1.165) is 25.7 Å². The van der Waals surface area contributed by atoms with Crippen molar-refractivity contribution in [1.29, 1.82) is 0 Å². The zero-order valence-corrected chi connectivity index (χ0v) is 10.2. The van der Waals surface area contributed by atoms with Crippen molar-refractivity contribution in [3.63, 3.8) is 0 Å². The SMILES string of the molecule is Cl.NC1(CN2C(=O)CCC2=O)CCCCC1. The van der Waals surface area contributed by atoms with E-state index in [9.17, 15) is 9.59 Å². The number of nitrogens with two attached hydrogens (primary N) is 1. The molecular formula is C11H19ClN2O2. The third kappa shape index (κ3) is 2.74. The number of amides is 2. The van der Waals surface area contributed by atoms with Crippen molar-refractivity contribution in [2.24, 2.45) is 5.73 Å². The molecule has 1 aliphatic carbocycles. The van der Waals surface area contributed by atoms with Crippen molar-refractivity contribution < 1.29 is 9.59 Å². The molecule has 2 N–H and O–H groups in total. The minimum atomic E-state index is -0.312. The summed E-state index contributed by atoms with van der Waals surface area (Å²) in [5.74, 6) is -0.0919. The molecule has 0 aromatic heterocycles.